The molecule has 0 amide bonds. The van der Waals surface area contributed by atoms with Gasteiger partial charge in [0.05, 0.1) is 0 Å². The summed E-state index contributed by atoms with van der Waals surface area (Å²) in [5.41, 5.74) is 17.5. The molecular formula is C36H30N2O2. The van der Waals surface area contributed by atoms with Gasteiger partial charge >= 0.3 is 0 Å². The van der Waals surface area contributed by atoms with Gasteiger partial charge in [-0.3, -0.25) is 0 Å². The molecule has 0 unspecified atom stereocenters. The second-order valence-electron chi connectivity index (χ2n) is 9.93. The van der Waals surface area contributed by atoms with E-state index < -0.39 is 0 Å². The zero-order valence-electron chi connectivity index (χ0n) is 22.0. The molecule has 0 fully saturated rings. The van der Waals surface area contributed by atoms with E-state index in [9.17, 15) is 0 Å². The molecule has 40 heavy (non-hydrogen) atoms. The Morgan fingerprint density at radius 3 is 1.32 bits per heavy atom. The predicted octanol–water partition coefficient (Wildman–Crippen LogP) is 8.77. The van der Waals surface area contributed by atoms with Crippen molar-refractivity contribution in [2.75, 3.05) is 11.5 Å². The zero-order chi connectivity index (χ0) is 27.4. The summed E-state index contributed by atoms with van der Waals surface area (Å²) in [4.78, 5) is 0. The normalized spacial score (nSPS) is 13.8. The topological polar surface area (TPSA) is 70.5 Å². The smallest absolute Gasteiger partial charge is 0.127 e. The minimum atomic E-state index is -0.336. The molecule has 4 nitrogen and oxygen atoms in total. The zero-order valence-corrected chi connectivity index (χ0v) is 22.0. The molecule has 0 saturated carbocycles. The summed E-state index contributed by atoms with van der Waals surface area (Å²) in [6.07, 6.45) is 7.70. The third-order valence-electron chi connectivity index (χ3n) is 7.27. The molecule has 0 atom stereocenters. The first-order chi connectivity index (χ1) is 19.6. The van der Waals surface area contributed by atoms with Gasteiger partial charge in [-0.05, 0) is 101 Å². The average Bonchev–Trinajstić information content (AvgIpc) is 3.01. The summed E-state index contributed by atoms with van der Waals surface area (Å²) in [6, 6.07) is 42.0. The molecular weight excluding hydrogens is 492 g/mol. The van der Waals surface area contributed by atoms with E-state index >= 15 is 0 Å². The maximum atomic E-state index is 6.06. The highest BCUT2D eigenvalue weighted by Gasteiger charge is 2.33. The maximum Gasteiger partial charge on any atom is 0.127 e. The van der Waals surface area contributed by atoms with Gasteiger partial charge in [-0.2, -0.15) is 0 Å². The van der Waals surface area contributed by atoms with E-state index in [-0.39, 0.29) is 5.41 Å². The van der Waals surface area contributed by atoms with Crippen LogP contribution in [0.15, 0.2) is 146 Å². The molecule has 0 aliphatic heterocycles. The van der Waals surface area contributed by atoms with Gasteiger partial charge in [0.2, 0.25) is 0 Å². The molecule has 4 N–H and O–H groups in total. The number of benzene rings is 5. The molecule has 1 aliphatic carbocycles. The molecule has 0 aromatic heterocycles. The second-order valence-corrected chi connectivity index (χ2v) is 9.93. The van der Waals surface area contributed by atoms with Crippen LogP contribution in [0, 0.1) is 0 Å². The minimum Gasteiger partial charge on any atom is -0.457 e. The van der Waals surface area contributed by atoms with Crippen LogP contribution in [-0.2, 0) is 5.41 Å². The van der Waals surface area contributed by atoms with Crippen LogP contribution in [0.25, 0.3) is 5.57 Å². The summed E-state index contributed by atoms with van der Waals surface area (Å²) in [5, 5.41) is 0. The molecule has 5 aromatic rings. The van der Waals surface area contributed by atoms with Crippen molar-refractivity contribution in [2.24, 2.45) is 0 Å². The van der Waals surface area contributed by atoms with Crippen LogP contribution >= 0.6 is 0 Å². The van der Waals surface area contributed by atoms with Crippen LogP contribution in [0.3, 0.4) is 0 Å². The predicted molar refractivity (Wildman–Crippen MR) is 164 cm³/mol. The number of nitrogen functional groups attached to an aromatic ring is 2. The Morgan fingerprint density at radius 2 is 0.925 bits per heavy atom. The van der Waals surface area contributed by atoms with E-state index in [1.165, 1.54) is 22.3 Å². The van der Waals surface area contributed by atoms with Crippen LogP contribution in [0.5, 0.6) is 23.0 Å². The molecule has 0 saturated heterocycles. The van der Waals surface area contributed by atoms with E-state index in [0.29, 0.717) is 11.4 Å². The Balaban J connectivity index is 1.31. The van der Waals surface area contributed by atoms with Crippen LogP contribution in [0.4, 0.5) is 11.4 Å². The van der Waals surface area contributed by atoms with Gasteiger partial charge in [0.1, 0.15) is 23.0 Å². The van der Waals surface area contributed by atoms with Crippen molar-refractivity contribution in [1.82, 2.24) is 0 Å². The summed E-state index contributed by atoms with van der Waals surface area (Å²) < 4.78 is 12.1. The van der Waals surface area contributed by atoms with Crippen molar-refractivity contribution >= 4 is 16.9 Å². The number of hydrogen-bond donors (Lipinski definition) is 2. The lowest BCUT2D eigenvalue weighted by Gasteiger charge is -2.34. The van der Waals surface area contributed by atoms with Gasteiger partial charge in [0, 0.05) is 16.8 Å². The second kappa shape index (κ2) is 10.9. The standard InChI is InChI=1S/C36H30N2O2/c37-30-10-18-34(19-11-30)39-32-14-6-28(7-15-32)36(24-22-27(23-25-36)26-4-2-1-3-5-26)29-8-16-33(17-9-29)40-35-20-12-31(38)13-21-35/h1-24H,25,37-38H2. The van der Waals surface area contributed by atoms with Gasteiger partial charge in [-0.1, -0.05) is 72.8 Å². The van der Waals surface area contributed by atoms with E-state index in [1.54, 1.807) is 0 Å². The number of rotatable bonds is 7. The van der Waals surface area contributed by atoms with Crippen LogP contribution in [0.1, 0.15) is 23.1 Å². The third kappa shape index (κ3) is 5.33. The van der Waals surface area contributed by atoms with E-state index in [2.05, 4.69) is 66.8 Å². The van der Waals surface area contributed by atoms with Gasteiger partial charge < -0.3 is 20.9 Å². The SMILES string of the molecule is Nc1ccc(Oc2ccc(C3(c4ccc(Oc5ccc(N)cc5)cc4)C=CC(c4ccccc4)=CC3)cc2)cc1. The summed E-state index contributed by atoms with van der Waals surface area (Å²) in [6.45, 7) is 0. The summed E-state index contributed by atoms with van der Waals surface area (Å²) >= 11 is 0. The van der Waals surface area contributed by atoms with E-state index in [1.807, 2.05) is 78.9 Å². The van der Waals surface area contributed by atoms with Gasteiger partial charge in [0.25, 0.3) is 0 Å². The number of nitrogens with two attached hydrogens (primary N) is 2. The third-order valence-corrected chi connectivity index (χ3v) is 7.27. The number of hydrogen-bond acceptors (Lipinski definition) is 4. The highest BCUT2D eigenvalue weighted by Crippen LogP contribution is 2.43. The lowest BCUT2D eigenvalue weighted by molar-refractivity contribution is 0.481. The van der Waals surface area contributed by atoms with Crippen molar-refractivity contribution in [3.63, 3.8) is 0 Å². The molecule has 5 aromatic carbocycles. The van der Waals surface area contributed by atoms with Crippen molar-refractivity contribution in [1.29, 1.82) is 0 Å². The number of ether oxygens (including phenoxy) is 2. The van der Waals surface area contributed by atoms with Crippen molar-refractivity contribution in [3.05, 3.63) is 162 Å². The lowest BCUT2D eigenvalue weighted by Crippen LogP contribution is -2.26. The fourth-order valence-corrected chi connectivity index (χ4v) is 5.06. The number of anilines is 2. The Labute approximate surface area is 234 Å². The average molecular weight is 523 g/mol. The van der Waals surface area contributed by atoms with E-state index in [4.69, 9.17) is 20.9 Å². The van der Waals surface area contributed by atoms with Crippen LogP contribution in [0.2, 0.25) is 0 Å². The van der Waals surface area contributed by atoms with Gasteiger partial charge in [0.15, 0.2) is 0 Å². The molecule has 0 radical (unpaired) electrons. The van der Waals surface area contributed by atoms with Crippen molar-refractivity contribution in [2.45, 2.75) is 11.8 Å². The number of allylic oxidation sites excluding steroid dienone is 4. The molecule has 0 bridgehead atoms. The first kappa shape index (κ1) is 25.1. The Kier molecular flexibility index (Phi) is 6.82. The molecule has 1 aliphatic rings. The van der Waals surface area contributed by atoms with Crippen LogP contribution in [-0.4, -0.2) is 0 Å². The van der Waals surface area contributed by atoms with Crippen molar-refractivity contribution < 1.29 is 9.47 Å². The molecule has 6 rings (SSSR count). The summed E-state index contributed by atoms with van der Waals surface area (Å²) in [7, 11) is 0. The van der Waals surface area contributed by atoms with Gasteiger partial charge in [-0.15, -0.1) is 0 Å². The molecule has 196 valence electrons. The monoisotopic (exact) mass is 522 g/mol. The molecule has 4 heteroatoms. The van der Waals surface area contributed by atoms with Crippen molar-refractivity contribution in [3.8, 4) is 23.0 Å². The lowest BCUT2D eigenvalue weighted by atomic mass is 9.69. The highest BCUT2D eigenvalue weighted by atomic mass is 16.5. The molecule has 0 heterocycles. The van der Waals surface area contributed by atoms with Crippen LogP contribution < -0.4 is 20.9 Å². The Hall–Kier alpha value is -5.22. The first-order valence-corrected chi connectivity index (χ1v) is 13.3. The first-order valence-electron chi connectivity index (χ1n) is 13.3. The largest absolute Gasteiger partial charge is 0.457 e. The van der Waals surface area contributed by atoms with Gasteiger partial charge in [-0.25, -0.2) is 0 Å². The summed E-state index contributed by atoms with van der Waals surface area (Å²) in [5.74, 6) is 3.05. The quantitative estimate of drug-likeness (QED) is 0.210. The van der Waals surface area contributed by atoms with E-state index in [0.717, 1.165) is 29.4 Å². The fourth-order valence-electron chi connectivity index (χ4n) is 5.06. The molecule has 0 spiro atoms. The Bertz CT molecular complexity index is 1550. The minimum absolute atomic E-state index is 0.336. The fraction of sp³-hybridized carbons (Fsp3) is 0.0556. The maximum absolute atomic E-state index is 6.06. The Morgan fingerprint density at radius 1 is 0.500 bits per heavy atom. The highest BCUT2D eigenvalue weighted by molar-refractivity contribution is 5.76.